The number of amides is 2. The van der Waals surface area contributed by atoms with Gasteiger partial charge in [0.15, 0.2) is 0 Å². The highest BCUT2D eigenvalue weighted by molar-refractivity contribution is 8.13. The van der Waals surface area contributed by atoms with Crippen LogP contribution in [0.2, 0.25) is 0 Å². The predicted molar refractivity (Wildman–Crippen MR) is 61.4 cm³/mol. The number of aliphatic hydroxyl groups is 1. The van der Waals surface area contributed by atoms with E-state index in [0.29, 0.717) is 5.75 Å². The largest absolute Gasteiger partial charge is 0.466 e. The molecule has 0 saturated carbocycles. The maximum Gasteiger partial charge on any atom is 0.308 e. The maximum absolute atomic E-state index is 11.4. The Labute approximate surface area is 103 Å². The third-order valence-electron chi connectivity index (χ3n) is 2.16. The Morgan fingerprint density at radius 2 is 2.29 bits per heavy atom. The Morgan fingerprint density at radius 1 is 1.59 bits per heavy atom. The molecule has 17 heavy (non-hydrogen) atoms. The lowest BCUT2D eigenvalue weighted by molar-refractivity contribution is -0.146. The number of aliphatic hydroxyl groups excluding tert-OH is 1. The van der Waals surface area contributed by atoms with Gasteiger partial charge in [0.2, 0.25) is 5.91 Å². The summed E-state index contributed by atoms with van der Waals surface area (Å²) in [6, 6.07) is 0. The number of ether oxygens (including phenoxy) is 1. The molecule has 1 atom stereocenters. The number of imide groups is 1. The summed E-state index contributed by atoms with van der Waals surface area (Å²) < 4.78 is 4.66. The van der Waals surface area contributed by atoms with Crippen LogP contribution >= 0.6 is 11.8 Å². The monoisotopic (exact) mass is 261 g/mol. The fourth-order valence-corrected chi connectivity index (χ4v) is 2.19. The van der Waals surface area contributed by atoms with Gasteiger partial charge in [-0.15, -0.1) is 0 Å². The first kappa shape index (κ1) is 14.0. The Kier molecular flexibility index (Phi) is 5.43. The van der Waals surface area contributed by atoms with E-state index in [9.17, 15) is 19.5 Å². The highest BCUT2D eigenvalue weighted by atomic mass is 32.2. The molecule has 1 aliphatic heterocycles. The molecule has 0 aromatic carbocycles. The Morgan fingerprint density at radius 3 is 2.88 bits per heavy atom. The van der Waals surface area contributed by atoms with Crippen LogP contribution in [-0.2, 0) is 14.3 Å². The first-order valence-corrected chi connectivity index (χ1v) is 6.34. The highest BCUT2D eigenvalue weighted by Gasteiger charge is 2.29. The fraction of sp³-hybridized carbons (Fsp3) is 0.700. The van der Waals surface area contributed by atoms with Crippen molar-refractivity contribution in [2.45, 2.75) is 25.9 Å². The number of β-amino-alcohol motifs (C(OH)–C–C–N with tert-alkyl or cyclic N) is 1. The lowest BCUT2D eigenvalue weighted by atomic mass is 10.2. The summed E-state index contributed by atoms with van der Waals surface area (Å²) in [5, 5.41) is 9.21. The normalized spacial score (nSPS) is 18.1. The van der Waals surface area contributed by atoms with E-state index in [1.165, 1.54) is 0 Å². The molecule has 0 radical (unpaired) electrons. The van der Waals surface area contributed by atoms with Gasteiger partial charge in [-0.3, -0.25) is 19.3 Å². The highest BCUT2D eigenvalue weighted by Crippen LogP contribution is 2.18. The van der Waals surface area contributed by atoms with Crippen LogP contribution in [0.3, 0.4) is 0 Å². The molecule has 1 fully saturated rings. The van der Waals surface area contributed by atoms with E-state index in [4.69, 9.17) is 0 Å². The summed E-state index contributed by atoms with van der Waals surface area (Å²) in [6.07, 6.45) is -1.00. The van der Waals surface area contributed by atoms with Crippen molar-refractivity contribution in [2.24, 2.45) is 0 Å². The SMILES string of the molecule is CCOC(=O)CC(O)CN1C(=O)CCSC1=O. The van der Waals surface area contributed by atoms with Crippen LogP contribution in [0, 0.1) is 0 Å². The molecule has 7 heteroatoms. The topological polar surface area (TPSA) is 83.9 Å². The molecule has 1 rings (SSSR count). The van der Waals surface area contributed by atoms with Gasteiger partial charge in [-0.05, 0) is 6.92 Å². The van der Waals surface area contributed by atoms with Crippen LogP contribution in [0.1, 0.15) is 19.8 Å². The Bertz CT molecular complexity index is 304. The van der Waals surface area contributed by atoms with Crippen molar-refractivity contribution in [3.05, 3.63) is 0 Å². The summed E-state index contributed by atoms with van der Waals surface area (Å²) in [7, 11) is 0. The van der Waals surface area contributed by atoms with E-state index in [2.05, 4.69) is 4.74 Å². The van der Waals surface area contributed by atoms with Crippen LogP contribution in [0.4, 0.5) is 4.79 Å². The number of hydrogen-bond donors (Lipinski definition) is 1. The molecule has 96 valence electrons. The molecule has 0 bridgehead atoms. The molecule has 1 N–H and O–H groups in total. The number of rotatable bonds is 5. The number of carbonyl (C=O) groups excluding carboxylic acids is 3. The van der Waals surface area contributed by atoms with Gasteiger partial charge in [-0.1, -0.05) is 11.8 Å². The van der Waals surface area contributed by atoms with E-state index in [1.54, 1.807) is 6.92 Å². The van der Waals surface area contributed by atoms with E-state index in [0.717, 1.165) is 16.7 Å². The fourth-order valence-electron chi connectivity index (χ4n) is 1.40. The molecular formula is C10H15NO5S. The first-order valence-electron chi connectivity index (χ1n) is 5.35. The van der Waals surface area contributed by atoms with Crippen molar-refractivity contribution in [3.8, 4) is 0 Å². The molecule has 1 saturated heterocycles. The Hall–Kier alpha value is -1.08. The van der Waals surface area contributed by atoms with Crippen molar-refractivity contribution in [3.63, 3.8) is 0 Å². The zero-order valence-electron chi connectivity index (χ0n) is 9.55. The van der Waals surface area contributed by atoms with Gasteiger partial charge in [0.25, 0.3) is 5.24 Å². The smallest absolute Gasteiger partial charge is 0.308 e. The quantitative estimate of drug-likeness (QED) is 0.720. The lowest BCUT2D eigenvalue weighted by Gasteiger charge is -2.25. The van der Waals surface area contributed by atoms with Crippen LogP contribution in [0.15, 0.2) is 0 Å². The average molecular weight is 261 g/mol. The molecular weight excluding hydrogens is 246 g/mol. The summed E-state index contributed by atoms with van der Waals surface area (Å²) in [4.78, 5) is 34.9. The number of carbonyl (C=O) groups is 3. The van der Waals surface area contributed by atoms with E-state index < -0.39 is 12.1 Å². The van der Waals surface area contributed by atoms with E-state index >= 15 is 0 Å². The van der Waals surface area contributed by atoms with Gasteiger partial charge in [-0.25, -0.2) is 0 Å². The minimum absolute atomic E-state index is 0.149. The average Bonchev–Trinajstić information content (AvgIpc) is 2.24. The predicted octanol–water partition coefficient (Wildman–Crippen LogP) is 0.386. The molecule has 1 heterocycles. The zero-order chi connectivity index (χ0) is 12.8. The van der Waals surface area contributed by atoms with Gasteiger partial charge < -0.3 is 9.84 Å². The second-order valence-electron chi connectivity index (χ2n) is 3.53. The van der Waals surface area contributed by atoms with Crippen LogP contribution in [0.25, 0.3) is 0 Å². The molecule has 0 aliphatic carbocycles. The van der Waals surface area contributed by atoms with Crippen molar-refractivity contribution in [1.29, 1.82) is 0 Å². The number of esters is 1. The third-order valence-corrected chi connectivity index (χ3v) is 3.04. The summed E-state index contributed by atoms with van der Waals surface area (Å²) in [6.45, 7) is 1.76. The third kappa shape index (κ3) is 4.35. The van der Waals surface area contributed by atoms with Crippen molar-refractivity contribution in [1.82, 2.24) is 4.90 Å². The molecule has 6 nitrogen and oxygen atoms in total. The molecule has 0 aromatic rings. The van der Waals surface area contributed by atoms with Gasteiger partial charge >= 0.3 is 5.97 Å². The van der Waals surface area contributed by atoms with Crippen LogP contribution in [-0.4, -0.2) is 52.1 Å². The summed E-state index contributed by atoms with van der Waals surface area (Å²) >= 11 is 1.04. The molecule has 0 spiro atoms. The Balaban J connectivity index is 2.43. The number of thioether (sulfide) groups is 1. The van der Waals surface area contributed by atoms with Crippen molar-refractivity contribution < 1.29 is 24.2 Å². The number of hydrogen-bond acceptors (Lipinski definition) is 6. The van der Waals surface area contributed by atoms with E-state index in [-0.39, 0.29) is 37.1 Å². The zero-order valence-corrected chi connectivity index (χ0v) is 10.4. The minimum atomic E-state index is -1.07. The maximum atomic E-state index is 11.4. The molecule has 1 unspecified atom stereocenters. The second-order valence-corrected chi connectivity index (χ2v) is 4.58. The van der Waals surface area contributed by atoms with Crippen molar-refractivity contribution in [2.75, 3.05) is 18.9 Å². The van der Waals surface area contributed by atoms with Crippen LogP contribution < -0.4 is 0 Å². The van der Waals surface area contributed by atoms with Crippen LogP contribution in [0.5, 0.6) is 0 Å². The lowest BCUT2D eigenvalue weighted by Crippen LogP contribution is -2.43. The molecule has 2 amide bonds. The molecule has 1 aliphatic rings. The summed E-state index contributed by atoms with van der Waals surface area (Å²) in [5.74, 6) is -0.372. The summed E-state index contributed by atoms with van der Waals surface area (Å²) in [5.41, 5.74) is 0. The van der Waals surface area contributed by atoms with Gasteiger partial charge in [0, 0.05) is 12.2 Å². The van der Waals surface area contributed by atoms with E-state index in [1.807, 2.05) is 0 Å². The van der Waals surface area contributed by atoms with Crippen molar-refractivity contribution >= 4 is 28.9 Å². The minimum Gasteiger partial charge on any atom is -0.466 e. The second kappa shape index (κ2) is 6.61. The van der Waals surface area contributed by atoms with Gasteiger partial charge in [0.05, 0.1) is 25.7 Å². The first-order chi connectivity index (χ1) is 8.04. The standard InChI is InChI=1S/C10H15NO5S/c1-2-16-9(14)5-7(12)6-11-8(13)3-4-17-10(11)15/h7,12H,2-6H2,1H3. The molecule has 0 aromatic heterocycles. The van der Waals surface area contributed by atoms with Gasteiger partial charge in [0.1, 0.15) is 0 Å². The van der Waals surface area contributed by atoms with Gasteiger partial charge in [-0.2, -0.15) is 0 Å². The number of nitrogens with zero attached hydrogens (tertiary/aromatic N) is 1.